The summed E-state index contributed by atoms with van der Waals surface area (Å²) in [4.78, 5) is 4.44. The Hall–Kier alpha value is -0.930. The molecule has 3 heteroatoms. The van der Waals surface area contributed by atoms with E-state index in [-0.39, 0.29) is 0 Å². The molecule has 0 aliphatic heterocycles. The third kappa shape index (κ3) is 5.83. The first-order chi connectivity index (χ1) is 7.68. The lowest BCUT2D eigenvalue weighted by Crippen LogP contribution is -2.26. The van der Waals surface area contributed by atoms with Crippen molar-refractivity contribution < 1.29 is 0 Å². The Bertz CT molecular complexity index is 297. The highest BCUT2D eigenvalue weighted by atomic mass is 14.9. The van der Waals surface area contributed by atoms with E-state index in [1.165, 1.54) is 0 Å². The molecule has 0 aliphatic carbocycles. The average molecular weight is 221 g/mol. The summed E-state index contributed by atoms with van der Waals surface area (Å²) >= 11 is 0. The number of hydrogen-bond donors (Lipinski definition) is 2. The van der Waals surface area contributed by atoms with Crippen LogP contribution in [0, 0.1) is 6.92 Å². The largest absolute Gasteiger partial charge is 0.314 e. The average Bonchev–Trinajstić information content (AvgIpc) is 2.23. The fourth-order valence-corrected chi connectivity index (χ4v) is 1.52. The number of hydrogen-bond acceptors (Lipinski definition) is 3. The number of rotatable bonds is 7. The van der Waals surface area contributed by atoms with Crippen molar-refractivity contribution in [1.82, 2.24) is 15.6 Å². The molecular formula is C13H23N3. The van der Waals surface area contributed by atoms with Gasteiger partial charge in [-0.3, -0.25) is 4.98 Å². The van der Waals surface area contributed by atoms with Crippen LogP contribution in [0.4, 0.5) is 0 Å². The molecule has 0 aliphatic rings. The normalized spacial score (nSPS) is 11.0. The zero-order valence-corrected chi connectivity index (χ0v) is 10.6. The smallest absolute Gasteiger partial charge is 0.0544 e. The molecule has 1 aromatic rings. The van der Waals surface area contributed by atoms with Crippen LogP contribution < -0.4 is 10.6 Å². The molecule has 1 rings (SSSR count). The highest BCUT2D eigenvalue weighted by molar-refractivity contribution is 5.09. The number of aryl methyl sites for hydroxylation is 1. The minimum absolute atomic E-state index is 0.582. The molecule has 0 spiro atoms. The fourth-order valence-electron chi connectivity index (χ4n) is 1.52. The molecule has 0 radical (unpaired) electrons. The van der Waals surface area contributed by atoms with Gasteiger partial charge in [0.15, 0.2) is 0 Å². The third-order valence-electron chi connectivity index (χ3n) is 2.34. The predicted molar refractivity (Wildman–Crippen MR) is 68.4 cm³/mol. The first kappa shape index (κ1) is 13.1. The molecule has 16 heavy (non-hydrogen) atoms. The number of aromatic nitrogens is 1. The van der Waals surface area contributed by atoms with Crippen molar-refractivity contribution in [2.45, 2.75) is 39.8 Å². The van der Waals surface area contributed by atoms with Crippen LogP contribution in [0.1, 0.15) is 31.7 Å². The molecule has 0 fully saturated rings. The second-order valence-corrected chi connectivity index (χ2v) is 4.41. The van der Waals surface area contributed by atoms with Gasteiger partial charge >= 0.3 is 0 Å². The molecule has 0 atom stereocenters. The Balaban J connectivity index is 2.07. The van der Waals surface area contributed by atoms with E-state index in [9.17, 15) is 0 Å². The van der Waals surface area contributed by atoms with Crippen LogP contribution in [0.25, 0.3) is 0 Å². The molecule has 0 aromatic carbocycles. The van der Waals surface area contributed by atoms with E-state index in [1.54, 1.807) is 0 Å². The molecule has 0 amide bonds. The summed E-state index contributed by atoms with van der Waals surface area (Å²) in [5.41, 5.74) is 2.21. The summed E-state index contributed by atoms with van der Waals surface area (Å²) in [7, 11) is 0. The van der Waals surface area contributed by atoms with Gasteiger partial charge in [-0.1, -0.05) is 19.9 Å². The van der Waals surface area contributed by atoms with Crippen LogP contribution in [0.5, 0.6) is 0 Å². The Morgan fingerprint density at radius 1 is 1.25 bits per heavy atom. The fraction of sp³-hybridized carbons (Fsp3) is 0.615. The number of pyridine rings is 1. The quantitative estimate of drug-likeness (QED) is 0.690. The Morgan fingerprint density at radius 2 is 2.06 bits per heavy atom. The second kappa shape index (κ2) is 7.36. The monoisotopic (exact) mass is 221 g/mol. The van der Waals surface area contributed by atoms with Crippen LogP contribution in [-0.4, -0.2) is 24.1 Å². The molecule has 0 saturated heterocycles. The van der Waals surface area contributed by atoms with Crippen LogP contribution in [0.3, 0.4) is 0 Å². The maximum absolute atomic E-state index is 4.44. The molecule has 1 aromatic heterocycles. The minimum Gasteiger partial charge on any atom is -0.314 e. The molecule has 0 bridgehead atoms. The zero-order chi connectivity index (χ0) is 11.8. The maximum atomic E-state index is 4.44. The SMILES string of the molecule is Cc1cccc(CNCCCNC(C)C)n1. The number of nitrogens with zero attached hydrogens (tertiary/aromatic N) is 1. The summed E-state index contributed by atoms with van der Waals surface area (Å²) < 4.78 is 0. The molecule has 0 unspecified atom stereocenters. The standard InChI is InChI=1S/C13H23N3/c1-11(2)15-9-5-8-14-10-13-7-4-6-12(3)16-13/h4,6-7,11,14-15H,5,8-10H2,1-3H3. The van der Waals surface area contributed by atoms with E-state index in [2.05, 4.69) is 41.6 Å². The minimum atomic E-state index is 0.582. The van der Waals surface area contributed by atoms with Crippen LogP contribution in [-0.2, 0) is 6.54 Å². The zero-order valence-electron chi connectivity index (χ0n) is 10.6. The highest BCUT2D eigenvalue weighted by Gasteiger charge is 1.95. The van der Waals surface area contributed by atoms with Gasteiger partial charge in [0.05, 0.1) is 5.69 Å². The van der Waals surface area contributed by atoms with Crippen LogP contribution in [0.2, 0.25) is 0 Å². The molecular weight excluding hydrogens is 198 g/mol. The van der Waals surface area contributed by atoms with Crippen molar-refractivity contribution in [2.24, 2.45) is 0 Å². The first-order valence-electron chi connectivity index (χ1n) is 6.05. The molecule has 2 N–H and O–H groups in total. The van der Waals surface area contributed by atoms with Gasteiger partial charge in [0.25, 0.3) is 0 Å². The summed E-state index contributed by atoms with van der Waals surface area (Å²) in [5, 5.41) is 6.80. The summed E-state index contributed by atoms with van der Waals surface area (Å²) in [5.74, 6) is 0. The van der Waals surface area contributed by atoms with Crippen molar-refractivity contribution in [1.29, 1.82) is 0 Å². The van der Waals surface area contributed by atoms with E-state index >= 15 is 0 Å². The van der Waals surface area contributed by atoms with Crippen molar-refractivity contribution in [3.05, 3.63) is 29.6 Å². The Labute approximate surface area is 98.7 Å². The lowest BCUT2D eigenvalue weighted by Gasteiger charge is -2.08. The van der Waals surface area contributed by atoms with Crippen molar-refractivity contribution in [3.8, 4) is 0 Å². The molecule has 0 saturated carbocycles. The maximum Gasteiger partial charge on any atom is 0.0544 e. The topological polar surface area (TPSA) is 37.0 Å². The third-order valence-corrected chi connectivity index (χ3v) is 2.34. The van der Waals surface area contributed by atoms with Crippen molar-refractivity contribution in [2.75, 3.05) is 13.1 Å². The summed E-state index contributed by atoms with van der Waals surface area (Å²) in [6.07, 6.45) is 1.16. The van der Waals surface area contributed by atoms with Gasteiger partial charge in [-0.2, -0.15) is 0 Å². The van der Waals surface area contributed by atoms with E-state index < -0.39 is 0 Å². The summed E-state index contributed by atoms with van der Waals surface area (Å²) in [6.45, 7) is 9.34. The van der Waals surface area contributed by atoms with Crippen LogP contribution >= 0.6 is 0 Å². The lowest BCUT2D eigenvalue weighted by atomic mass is 10.3. The predicted octanol–water partition coefficient (Wildman–Crippen LogP) is 1.87. The van der Waals surface area contributed by atoms with Crippen molar-refractivity contribution in [3.63, 3.8) is 0 Å². The van der Waals surface area contributed by atoms with Gasteiger partial charge in [0, 0.05) is 18.3 Å². The van der Waals surface area contributed by atoms with E-state index in [0.717, 1.165) is 37.4 Å². The van der Waals surface area contributed by atoms with Gasteiger partial charge in [-0.05, 0) is 38.6 Å². The van der Waals surface area contributed by atoms with Gasteiger partial charge < -0.3 is 10.6 Å². The second-order valence-electron chi connectivity index (χ2n) is 4.41. The molecule has 1 heterocycles. The molecule has 90 valence electrons. The van der Waals surface area contributed by atoms with Gasteiger partial charge in [-0.25, -0.2) is 0 Å². The lowest BCUT2D eigenvalue weighted by molar-refractivity contribution is 0.546. The molecule has 3 nitrogen and oxygen atoms in total. The van der Waals surface area contributed by atoms with Gasteiger partial charge in [0.2, 0.25) is 0 Å². The highest BCUT2D eigenvalue weighted by Crippen LogP contribution is 1.97. The van der Waals surface area contributed by atoms with E-state index in [1.807, 2.05) is 13.0 Å². The van der Waals surface area contributed by atoms with Crippen molar-refractivity contribution >= 4 is 0 Å². The Kier molecular flexibility index (Phi) is 6.04. The van der Waals surface area contributed by atoms with E-state index in [4.69, 9.17) is 0 Å². The first-order valence-corrected chi connectivity index (χ1v) is 6.05. The summed E-state index contributed by atoms with van der Waals surface area (Å²) in [6, 6.07) is 6.72. The number of nitrogens with one attached hydrogen (secondary N) is 2. The van der Waals surface area contributed by atoms with Gasteiger partial charge in [-0.15, -0.1) is 0 Å². The van der Waals surface area contributed by atoms with Gasteiger partial charge in [0.1, 0.15) is 0 Å². The Morgan fingerprint density at radius 3 is 2.75 bits per heavy atom. The van der Waals surface area contributed by atoms with E-state index in [0.29, 0.717) is 6.04 Å². The van der Waals surface area contributed by atoms with Crippen LogP contribution in [0.15, 0.2) is 18.2 Å².